The maximum atomic E-state index is 12.9. The lowest BCUT2D eigenvalue weighted by atomic mass is 9.99. The first-order chi connectivity index (χ1) is 7.04. The molecule has 0 aliphatic heterocycles. The van der Waals surface area contributed by atoms with Crippen molar-refractivity contribution in [3.05, 3.63) is 35.1 Å². The summed E-state index contributed by atoms with van der Waals surface area (Å²) in [5.74, 6) is -0.204. The van der Waals surface area contributed by atoms with Crippen molar-refractivity contribution in [3.8, 4) is 0 Å². The summed E-state index contributed by atoms with van der Waals surface area (Å²) in [7, 11) is 1.64. The number of nitrogens with two attached hydrogens (primary N) is 1. The second-order valence-electron chi connectivity index (χ2n) is 3.88. The molecule has 0 bridgehead atoms. The van der Waals surface area contributed by atoms with Crippen molar-refractivity contribution < 1.29 is 9.13 Å². The molecule has 2 atom stereocenters. The average Bonchev–Trinajstić information content (AvgIpc) is 2.20. The van der Waals surface area contributed by atoms with Crippen molar-refractivity contribution in [3.63, 3.8) is 0 Å². The first kappa shape index (κ1) is 12.1. The number of halogens is 1. The van der Waals surface area contributed by atoms with Gasteiger partial charge in [0.1, 0.15) is 5.82 Å². The number of ether oxygens (including phenoxy) is 1. The molecule has 0 saturated heterocycles. The normalized spacial score (nSPS) is 15.0. The number of benzene rings is 1. The minimum absolute atomic E-state index is 0.00875. The molecular weight excluding hydrogens is 193 g/mol. The molecule has 15 heavy (non-hydrogen) atoms. The van der Waals surface area contributed by atoms with Gasteiger partial charge >= 0.3 is 0 Å². The summed E-state index contributed by atoms with van der Waals surface area (Å²) < 4.78 is 18.0. The van der Waals surface area contributed by atoms with Crippen molar-refractivity contribution >= 4 is 0 Å². The molecule has 0 saturated carbocycles. The minimum atomic E-state index is -0.204. The lowest BCUT2D eigenvalue weighted by Gasteiger charge is -2.19. The monoisotopic (exact) mass is 211 g/mol. The second kappa shape index (κ2) is 5.24. The molecule has 0 aliphatic rings. The van der Waals surface area contributed by atoms with Gasteiger partial charge in [-0.15, -0.1) is 0 Å². The lowest BCUT2D eigenvalue weighted by molar-refractivity contribution is 0.0955. The second-order valence-corrected chi connectivity index (χ2v) is 3.88. The van der Waals surface area contributed by atoms with Gasteiger partial charge in [0.05, 0.1) is 6.10 Å². The molecule has 3 heteroatoms. The number of methoxy groups -OCH3 is 1. The maximum Gasteiger partial charge on any atom is 0.123 e. The number of hydrogen-bond acceptors (Lipinski definition) is 2. The quantitative estimate of drug-likeness (QED) is 0.827. The molecule has 0 aromatic heterocycles. The number of rotatable bonds is 4. The third kappa shape index (κ3) is 3.29. The first-order valence-corrected chi connectivity index (χ1v) is 5.08. The Kier molecular flexibility index (Phi) is 4.24. The molecule has 0 amide bonds. The highest BCUT2D eigenvalue weighted by molar-refractivity contribution is 5.27. The van der Waals surface area contributed by atoms with E-state index in [1.807, 2.05) is 13.8 Å². The zero-order valence-electron chi connectivity index (χ0n) is 9.46. The predicted octanol–water partition coefficient (Wildman–Crippen LogP) is 2.04. The van der Waals surface area contributed by atoms with Gasteiger partial charge in [0.15, 0.2) is 0 Å². The van der Waals surface area contributed by atoms with E-state index >= 15 is 0 Å². The van der Waals surface area contributed by atoms with Crippen molar-refractivity contribution in [1.29, 1.82) is 0 Å². The minimum Gasteiger partial charge on any atom is -0.380 e. The van der Waals surface area contributed by atoms with Gasteiger partial charge in [-0.25, -0.2) is 4.39 Å². The van der Waals surface area contributed by atoms with Crippen LogP contribution >= 0.6 is 0 Å². The van der Waals surface area contributed by atoms with Gasteiger partial charge in [-0.3, -0.25) is 0 Å². The van der Waals surface area contributed by atoms with Crippen molar-refractivity contribution in [1.82, 2.24) is 0 Å². The summed E-state index contributed by atoms with van der Waals surface area (Å²) in [4.78, 5) is 0. The molecule has 0 spiro atoms. The lowest BCUT2D eigenvalue weighted by Crippen LogP contribution is -2.36. The zero-order chi connectivity index (χ0) is 11.4. The van der Waals surface area contributed by atoms with Gasteiger partial charge in [-0.2, -0.15) is 0 Å². The largest absolute Gasteiger partial charge is 0.380 e. The van der Waals surface area contributed by atoms with Gasteiger partial charge in [0, 0.05) is 13.2 Å². The van der Waals surface area contributed by atoms with Crippen molar-refractivity contribution in [2.24, 2.45) is 5.73 Å². The van der Waals surface area contributed by atoms with E-state index in [0.717, 1.165) is 11.1 Å². The zero-order valence-corrected chi connectivity index (χ0v) is 9.46. The maximum absolute atomic E-state index is 12.9. The molecule has 1 rings (SSSR count). The van der Waals surface area contributed by atoms with E-state index < -0.39 is 0 Å². The Hall–Kier alpha value is -0.930. The molecule has 1 aromatic rings. The van der Waals surface area contributed by atoms with E-state index in [1.165, 1.54) is 12.1 Å². The first-order valence-electron chi connectivity index (χ1n) is 5.08. The number of hydrogen-bond donors (Lipinski definition) is 1. The molecule has 2 N–H and O–H groups in total. The summed E-state index contributed by atoms with van der Waals surface area (Å²) in [5, 5.41) is 0. The van der Waals surface area contributed by atoms with Crippen LogP contribution in [-0.2, 0) is 11.2 Å². The van der Waals surface area contributed by atoms with Crippen LogP contribution in [0.5, 0.6) is 0 Å². The molecule has 2 unspecified atom stereocenters. The molecule has 1 aromatic carbocycles. The van der Waals surface area contributed by atoms with Crippen molar-refractivity contribution in [2.75, 3.05) is 7.11 Å². The van der Waals surface area contributed by atoms with Gasteiger partial charge in [-0.1, -0.05) is 6.07 Å². The third-order valence-corrected chi connectivity index (χ3v) is 2.73. The van der Waals surface area contributed by atoms with E-state index in [2.05, 4.69) is 0 Å². The van der Waals surface area contributed by atoms with E-state index in [4.69, 9.17) is 10.5 Å². The van der Waals surface area contributed by atoms with Crippen LogP contribution in [0.1, 0.15) is 18.1 Å². The van der Waals surface area contributed by atoms with Gasteiger partial charge in [0.25, 0.3) is 0 Å². The fourth-order valence-corrected chi connectivity index (χ4v) is 1.48. The van der Waals surface area contributed by atoms with E-state index in [0.29, 0.717) is 6.42 Å². The van der Waals surface area contributed by atoms with Crippen LogP contribution in [0.3, 0.4) is 0 Å². The van der Waals surface area contributed by atoms with Gasteiger partial charge in [-0.05, 0) is 43.5 Å². The van der Waals surface area contributed by atoms with Gasteiger partial charge in [0.2, 0.25) is 0 Å². The number of aryl methyl sites for hydroxylation is 1. The van der Waals surface area contributed by atoms with Crippen LogP contribution < -0.4 is 5.73 Å². The summed E-state index contributed by atoms with van der Waals surface area (Å²) in [6.45, 7) is 3.83. The standard InChI is InChI=1S/C12H18FNO/c1-8-6-11(13)5-4-10(8)7-12(14)9(2)15-3/h4-6,9,12H,7,14H2,1-3H3. The van der Waals surface area contributed by atoms with E-state index in [9.17, 15) is 4.39 Å². The Morgan fingerprint density at radius 3 is 2.67 bits per heavy atom. The Bertz CT molecular complexity index is 327. The summed E-state index contributed by atoms with van der Waals surface area (Å²) in [6, 6.07) is 4.72. The molecule has 0 heterocycles. The summed E-state index contributed by atoms with van der Waals surface area (Å²) in [5.41, 5.74) is 7.96. The Balaban J connectivity index is 2.72. The van der Waals surface area contributed by atoms with E-state index in [1.54, 1.807) is 13.2 Å². The van der Waals surface area contributed by atoms with Crippen LogP contribution in [0.4, 0.5) is 4.39 Å². The Morgan fingerprint density at radius 1 is 1.47 bits per heavy atom. The van der Waals surface area contributed by atoms with Crippen LogP contribution in [0.25, 0.3) is 0 Å². The highest BCUT2D eigenvalue weighted by atomic mass is 19.1. The third-order valence-electron chi connectivity index (χ3n) is 2.73. The molecular formula is C12H18FNO. The molecule has 2 nitrogen and oxygen atoms in total. The Labute approximate surface area is 90.2 Å². The average molecular weight is 211 g/mol. The molecule has 0 fully saturated rings. The van der Waals surface area contributed by atoms with Crippen molar-refractivity contribution in [2.45, 2.75) is 32.4 Å². The Morgan fingerprint density at radius 2 is 2.13 bits per heavy atom. The van der Waals surface area contributed by atoms with Crippen LogP contribution in [0, 0.1) is 12.7 Å². The fraction of sp³-hybridized carbons (Fsp3) is 0.500. The SMILES string of the molecule is COC(C)C(N)Cc1ccc(F)cc1C. The molecule has 84 valence electrons. The summed E-state index contributed by atoms with van der Waals surface area (Å²) >= 11 is 0. The molecule has 0 aliphatic carbocycles. The smallest absolute Gasteiger partial charge is 0.123 e. The fourth-order valence-electron chi connectivity index (χ4n) is 1.48. The highest BCUT2D eigenvalue weighted by Crippen LogP contribution is 2.13. The summed E-state index contributed by atoms with van der Waals surface area (Å²) in [6.07, 6.45) is 0.718. The topological polar surface area (TPSA) is 35.2 Å². The highest BCUT2D eigenvalue weighted by Gasteiger charge is 2.13. The van der Waals surface area contributed by atoms with E-state index in [-0.39, 0.29) is 18.0 Å². The predicted molar refractivity (Wildman–Crippen MR) is 59.3 cm³/mol. The van der Waals surface area contributed by atoms with Crippen LogP contribution in [-0.4, -0.2) is 19.3 Å². The van der Waals surface area contributed by atoms with Gasteiger partial charge < -0.3 is 10.5 Å². The molecule has 0 radical (unpaired) electrons. The van der Waals surface area contributed by atoms with Crippen LogP contribution in [0.15, 0.2) is 18.2 Å². The van der Waals surface area contributed by atoms with Crippen LogP contribution in [0.2, 0.25) is 0 Å².